The highest BCUT2D eigenvalue weighted by atomic mass is 35.5. The van der Waals surface area contributed by atoms with Gasteiger partial charge in [-0.15, -0.1) is 0 Å². The number of esters is 1. The molecule has 0 fully saturated rings. The van der Waals surface area contributed by atoms with Crippen molar-refractivity contribution in [3.05, 3.63) is 82.0 Å². The van der Waals surface area contributed by atoms with Gasteiger partial charge in [-0.3, -0.25) is 4.79 Å². The first kappa shape index (κ1) is 45.9. The maximum atomic E-state index is 11.4. The van der Waals surface area contributed by atoms with E-state index < -0.39 is 5.24 Å². The third-order valence-electron chi connectivity index (χ3n) is 7.72. The van der Waals surface area contributed by atoms with Crippen molar-refractivity contribution in [3.8, 4) is 11.5 Å². The second kappa shape index (κ2) is 18.8. The number of aromatic hydroxyl groups is 2. The van der Waals surface area contributed by atoms with E-state index in [4.69, 9.17) is 21.4 Å². The van der Waals surface area contributed by atoms with Crippen LogP contribution < -0.4 is 0 Å². The fourth-order valence-corrected chi connectivity index (χ4v) is 4.81. The van der Waals surface area contributed by atoms with Gasteiger partial charge in [-0.1, -0.05) is 121 Å². The Morgan fingerprint density at radius 3 is 1.14 bits per heavy atom. The number of hydrogen-bond acceptors (Lipinski definition) is 6. The second-order valence-electron chi connectivity index (χ2n) is 17.0. The molecule has 0 aromatic heterocycles. The van der Waals surface area contributed by atoms with Crippen LogP contribution in [0.3, 0.4) is 0 Å². The first-order valence-corrected chi connectivity index (χ1v) is 17.5. The summed E-state index contributed by atoms with van der Waals surface area (Å²) in [6.45, 7) is 36.0. The molecule has 0 unspecified atom stereocenters. The summed E-state index contributed by atoms with van der Waals surface area (Å²) < 4.78 is 5.16. The number of allylic oxidation sites excluding steroid dienone is 1. The standard InChI is InChI=1S/C21H32O3.C17H28O2.C4H5ClO/c1-14(2)19(23)24-11-9-10-15-12-16(20(3,4)5)18(22)17(13-15)21(6,7)8;1-16(2,3)13-10-12(8-7-9-18)11-14(15(13)19)17(4,5)6;1-3(2)4(5)6/h12-13,22H,1,9-11H2,2-8H3;10-11,18-19H,7-9H2,1-6H3;1H2,2H3. The molecule has 0 saturated carbocycles. The molecule has 0 spiro atoms. The molecule has 0 aliphatic rings. The molecular formula is C42H65ClO6. The maximum Gasteiger partial charge on any atom is 0.333 e. The summed E-state index contributed by atoms with van der Waals surface area (Å²) in [5.41, 5.74) is 6.64. The number of benzene rings is 2. The number of carbonyl (C=O) groups excluding carboxylic acids is 2. The van der Waals surface area contributed by atoms with Crippen molar-refractivity contribution in [1.82, 2.24) is 0 Å². The van der Waals surface area contributed by atoms with Crippen LogP contribution in [0.25, 0.3) is 0 Å². The lowest BCUT2D eigenvalue weighted by atomic mass is 9.78. The zero-order valence-corrected chi connectivity index (χ0v) is 33.7. The van der Waals surface area contributed by atoms with Gasteiger partial charge in [0, 0.05) is 17.8 Å². The molecule has 0 aliphatic carbocycles. The molecule has 2 aromatic rings. The summed E-state index contributed by atoms with van der Waals surface area (Å²) in [6, 6.07) is 8.32. The van der Waals surface area contributed by atoms with Crippen molar-refractivity contribution in [3.63, 3.8) is 0 Å². The highest BCUT2D eigenvalue weighted by Gasteiger charge is 2.27. The average Bonchev–Trinajstić information content (AvgIpc) is 2.93. The summed E-state index contributed by atoms with van der Waals surface area (Å²) in [5, 5.41) is 29.8. The summed E-state index contributed by atoms with van der Waals surface area (Å²) >= 11 is 4.87. The lowest BCUT2D eigenvalue weighted by Gasteiger charge is -2.28. The van der Waals surface area contributed by atoms with E-state index in [-0.39, 0.29) is 34.2 Å². The van der Waals surface area contributed by atoms with E-state index in [0.717, 1.165) is 53.5 Å². The molecule has 0 atom stereocenters. The number of halogens is 1. The minimum absolute atomic E-state index is 0.0840. The number of ether oxygens (including phenoxy) is 1. The zero-order chi connectivity index (χ0) is 38.7. The van der Waals surface area contributed by atoms with Gasteiger partial charge >= 0.3 is 5.97 Å². The molecule has 0 bridgehead atoms. The quantitative estimate of drug-likeness (QED) is 0.104. The number of phenols is 2. The van der Waals surface area contributed by atoms with E-state index >= 15 is 0 Å². The van der Waals surface area contributed by atoms with Crippen LogP contribution in [-0.4, -0.2) is 39.7 Å². The molecule has 0 radical (unpaired) electrons. The molecule has 6 nitrogen and oxygen atoms in total. The highest BCUT2D eigenvalue weighted by Crippen LogP contribution is 2.41. The smallest absolute Gasteiger partial charge is 0.333 e. The Bertz CT molecular complexity index is 1360. The van der Waals surface area contributed by atoms with Gasteiger partial charge in [0.2, 0.25) is 5.24 Å². The number of aliphatic hydroxyl groups is 1. The number of aliphatic hydroxyl groups excluding tert-OH is 1. The monoisotopic (exact) mass is 700 g/mol. The van der Waals surface area contributed by atoms with Crippen LogP contribution in [0.1, 0.15) is 143 Å². The fourth-order valence-electron chi connectivity index (χ4n) is 4.81. The minimum atomic E-state index is -0.463. The molecule has 7 heteroatoms. The number of aryl methyl sites for hydroxylation is 2. The van der Waals surface area contributed by atoms with Crippen molar-refractivity contribution in [1.29, 1.82) is 0 Å². The van der Waals surface area contributed by atoms with E-state index in [1.807, 2.05) is 0 Å². The SMILES string of the molecule is C=C(C)C(=O)Cl.C=C(C)C(=O)OCCCc1cc(C(C)(C)C)c(O)c(C(C)(C)C)c1.CC(C)(C)c1cc(CCCO)cc(C(C)(C)C)c1O. The Morgan fingerprint density at radius 2 is 0.918 bits per heavy atom. The van der Waals surface area contributed by atoms with Crippen LogP contribution in [0, 0.1) is 0 Å². The third kappa shape index (κ3) is 16.0. The van der Waals surface area contributed by atoms with Gasteiger partial charge < -0.3 is 20.1 Å². The van der Waals surface area contributed by atoms with Gasteiger partial charge in [-0.25, -0.2) is 4.79 Å². The van der Waals surface area contributed by atoms with E-state index in [0.29, 0.717) is 29.3 Å². The second-order valence-corrected chi connectivity index (χ2v) is 17.3. The van der Waals surface area contributed by atoms with Crippen LogP contribution in [0.4, 0.5) is 0 Å². The van der Waals surface area contributed by atoms with Crippen molar-refractivity contribution in [2.24, 2.45) is 0 Å². The zero-order valence-electron chi connectivity index (χ0n) is 32.9. The molecule has 0 saturated heterocycles. The first-order valence-electron chi connectivity index (χ1n) is 17.1. The Hall–Kier alpha value is -3.09. The van der Waals surface area contributed by atoms with Crippen molar-refractivity contribution < 1.29 is 29.6 Å². The Kier molecular flexibility index (Phi) is 17.6. The van der Waals surface area contributed by atoms with E-state index in [9.17, 15) is 19.8 Å². The molecule has 0 heterocycles. The molecule has 2 rings (SSSR count). The van der Waals surface area contributed by atoms with Crippen molar-refractivity contribution in [2.75, 3.05) is 13.2 Å². The maximum absolute atomic E-state index is 11.4. The predicted molar refractivity (Wildman–Crippen MR) is 206 cm³/mol. The summed E-state index contributed by atoms with van der Waals surface area (Å²) in [6.07, 6.45) is 3.16. The number of phenolic OH excluding ortho intramolecular Hbond substituents is 2. The fraction of sp³-hybridized carbons (Fsp3) is 0.571. The molecular weight excluding hydrogens is 636 g/mol. The number of hydrogen-bond donors (Lipinski definition) is 3. The average molecular weight is 701 g/mol. The number of rotatable bonds is 9. The Morgan fingerprint density at radius 1 is 0.633 bits per heavy atom. The summed E-state index contributed by atoms with van der Waals surface area (Å²) in [7, 11) is 0. The van der Waals surface area contributed by atoms with Crippen LogP contribution in [-0.2, 0) is 48.8 Å². The Labute approximate surface area is 302 Å². The lowest BCUT2D eigenvalue weighted by Crippen LogP contribution is -2.18. The van der Waals surface area contributed by atoms with Gasteiger partial charge in [0.15, 0.2) is 0 Å². The molecule has 49 heavy (non-hydrogen) atoms. The number of carbonyl (C=O) groups is 2. The largest absolute Gasteiger partial charge is 0.507 e. The molecule has 2 aromatic carbocycles. The first-order chi connectivity index (χ1) is 22.0. The van der Waals surface area contributed by atoms with Gasteiger partial charge in [-0.2, -0.15) is 0 Å². The van der Waals surface area contributed by atoms with Crippen LogP contribution >= 0.6 is 11.6 Å². The van der Waals surface area contributed by atoms with Gasteiger partial charge in [0.1, 0.15) is 11.5 Å². The topological polar surface area (TPSA) is 104 Å². The van der Waals surface area contributed by atoms with Crippen LogP contribution in [0.5, 0.6) is 11.5 Å². The lowest BCUT2D eigenvalue weighted by molar-refractivity contribution is -0.139. The minimum Gasteiger partial charge on any atom is -0.507 e. The van der Waals surface area contributed by atoms with Crippen LogP contribution in [0.2, 0.25) is 0 Å². The van der Waals surface area contributed by atoms with E-state index in [2.05, 4.69) is 121 Å². The Balaban J connectivity index is 0.000000821. The highest BCUT2D eigenvalue weighted by molar-refractivity contribution is 6.67. The summed E-state index contributed by atoms with van der Waals surface area (Å²) in [4.78, 5) is 21.2. The van der Waals surface area contributed by atoms with Gasteiger partial charge in [-0.05, 0) is 106 Å². The third-order valence-corrected chi connectivity index (χ3v) is 8.04. The molecule has 3 N–H and O–H groups in total. The molecule has 276 valence electrons. The van der Waals surface area contributed by atoms with Gasteiger partial charge in [0.05, 0.1) is 6.61 Å². The van der Waals surface area contributed by atoms with Crippen molar-refractivity contribution in [2.45, 2.75) is 144 Å². The van der Waals surface area contributed by atoms with E-state index in [1.165, 1.54) is 5.56 Å². The molecule has 0 aliphatic heterocycles. The van der Waals surface area contributed by atoms with Crippen LogP contribution in [0.15, 0.2) is 48.6 Å². The molecule has 0 amide bonds. The van der Waals surface area contributed by atoms with Gasteiger partial charge in [0.25, 0.3) is 0 Å². The van der Waals surface area contributed by atoms with E-state index in [1.54, 1.807) is 13.8 Å². The van der Waals surface area contributed by atoms with Crippen molar-refractivity contribution >= 4 is 22.8 Å². The predicted octanol–water partition coefficient (Wildman–Crippen LogP) is 10.3. The normalized spacial score (nSPS) is 11.8. The summed E-state index contributed by atoms with van der Waals surface area (Å²) in [5.74, 6) is 0.478.